The van der Waals surface area contributed by atoms with Gasteiger partial charge in [0.05, 0.1) is 0 Å². The minimum absolute atomic E-state index is 0.0659. The number of nitrogens with one attached hydrogen (secondary N) is 1. The summed E-state index contributed by atoms with van der Waals surface area (Å²) in [5, 5.41) is 3.77. The van der Waals surface area contributed by atoms with Gasteiger partial charge in [-0.2, -0.15) is 0 Å². The van der Waals surface area contributed by atoms with Gasteiger partial charge < -0.3 is 19.7 Å². The van der Waals surface area contributed by atoms with E-state index in [2.05, 4.69) is 17.4 Å². The van der Waals surface area contributed by atoms with Crippen LogP contribution in [0, 0.1) is 0 Å². The summed E-state index contributed by atoms with van der Waals surface area (Å²) in [5.41, 5.74) is 2.48. The molecule has 1 saturated heterocycles. The average Bonchev–Trinajstić information content (AvgIpc) is 3.27. The van der Waals surface area contributed by atoms with E-state index in [0.717, 1.165) is 38.6 Å². The average molecular weight is 525 g/mol. The minimum atomic E-state index is -2.42. The zero-order valence-electron chi connectivity index (χ0n) is 21.8. The Labute approximate surface area is 218 Å². The summed E-state index contributed by atoms with van der Waals surface area (Å²) < 4.78 is 7.37. The molecule has 2 amide bonds. The Morgan fingerprint density at radius 2 is 1.81 bits per heavy atom. The third-order valence-electron chi connectivity index (χ3n) is 6.44. The van der Waals surface area contributed by atoms with Crippen LogP contribution in [-0.4, -0.2) is 48.7 Å². The van der Waals surface area contributed by atoms with Crippen LogP contribution in [0.2, 0.25) is 13.1 Å². The normalized spacial score (nSPS) is 15.2. The lowest BCUT2D eigenvalue weighted by molar-refractivity contribution is 0.0523. The molecule has 2 N–H and O–H groups in total. The van der Waals surface area contributed by atoms with Gasteiger partial charge in [0.1, 0.15) is 5.60 Å². The van der Waals surface area contributed by atoms with Gasteiger partial charge in [-0.1, -0.05) is 30.3 Å². The lowest BCUT2D eigenvalue weighted by atomic mass is 9.88. The van der Waals surface area contributed by atoms with Crippen molar-refractivity contribution in [3.8, 4) is 0 Å². The summed E-state index contributed by atoms with van der Waals surface area (Å²) >= 11 is 1.60. The van der Waals surface area contributed by atoms with Gasteiger partial charge in [-0.25, -0.2) is 4.79 Å². The van der Waals surface area contributed by atoms with E-state index in [4.69, 9.17) is 4.74 Å². The monoisotopic (exact) mass is 524 g/mol. The highest BCUT2D eigenvalue weighted by atomic mass is 32.1. The maximum atomic E-state index is 13.4. The second-order valence-corrected chi connectivity index (χ2v) is 16.2. The number of carbonyl (C=O) groups is 2. The Morgan fingerprint density at radius 3 is 2.47 bits per heavy atom. The molecule has 1 aliphatic rings. The zero-order chi connectivity index (χ0) is 26.1. The van der Waals surface area contributed by atoms with Crippen molar-refractivity contribution < 1.29 is 19.1 Å². The highest BCUT2D eigenvalue weighted by molar-refractivity contribution is 7.30. The molecular formula is C28H36N2O4SSi. The number of piperidine rings is 1. The molecule has 0 radical (unpaired) electrons. The molecule has 1 fully saturated rings. The number of fused-ring (bicyclic) bond motifs is 1. The number of benzene rings is 2. The Balaban J connectivity index is 1.39. The molecule has 2 heterocycles. The van der Waals surface area contributed by atoms with Crippen LogP contribution in [0.5, 0.6) is 0 Å². The molecule has 0 saturated carbocycles. The predicted molar refractivity (Wildman–Crippen MR) is 149 cm³/mol. The van der Waals surface area contributed by atoms with Crippen molar-refractivity contribution in [2.45, 2.75) is 64.8 Å². The van der Waals surface area contributed by atoms with E-state index in [9.17, 15) is 14.4 Å². The number of hydrogen-bond acceptors (Lipinski definition) is 5. The van der Waals surface area contributed by atoms with E-state index in [0.29, 0.717) is 25.6 Å². The third kappa shape index (κ3) is 6.35. The number of nitrogens with zero attached hydrogens (tertiary/aromatic N) is 1. The fourth-order valence-corrected chi connectivity index (χ4v) is 7.25. The molecular weight excluding hydrogens is 488 g/mol. The van der Waals surface area contributed by atoms with Crippen molar-refractivity contribution in [2.75, 3.05) is 13.1 Å². The summed E-state index contributed by atoms with van der Waals surface area (Å²) in [6.45, 7) is 11.2. The van der Waals surface area contributed by atoms with Gasteiger partial charge in [0.15, 0.2) is 0 Å². The summed E-state index contributed by atoms with van der Waals surface area (Å²) in [4.78, 5) is 37.9. The molecule has 8 heteroatoms. The second-order valence-electron chi connectivity index (χ2n) is 11.1. The fraction of sp³-hybridized carbons (Fsp3) is 0.429. The van der Waals surface area contributed by atoms with Crippen LogP contribution >= 0.6 is 11.3 Å². The number of thiophene rings is 1. The first kappa shape index (κ1) is 26.4. The Morgan fingerprint density at radius 1 is 1.11 bits per heavy atom. The maximum absolute atomic E-state index is 13.4. The first-order chi connectivity index (χ1) is 16.9. The topological polar surface area (TPSA) is 78.9 Å². The van der Waals surface area contributed by atoms with Crippen molar-refractivity contribution in [1.82, 2.24) is 10.2 Å². The minimum Gasteiger partial charge on any atom is -0.444 e. The fourth-order valence-electron chi connectivity index (χ4n) is 4.58. The van der Waals surface area contributed by atoms with Gasteiger partial charge in [0, 0.05) is 39.8 Å². The molecule has 1 aliphatic heterocycles. The summed E-state index contributed by atoms with van der Waals surface area (Å²) in [6.07, 6.45) is 1.38. The Kier molecular flexibility index (Phi) is 7.59. The first-order valence-corrected chi connectivity index (χ1v) is 16.3. The zero-order valence-corrected chi connectivity index (χ0v) is 23.6. The molecule has 36 heavy (non-hydrogen) atoms. The number of rotatable bonds is 5. The Bertz CT molecular complexity index is 1250. The number of carbonyl (C=O) groups excluding carboxylic acids is 2. The van der Waals surface area contributed by atoms with E-state index < -0.39 is 20.0 Å². The number of amides is 2. The van der Waals surface area contributed by atoms with Crippen LogP contribution in [0.1, 0.15) is 61.0 Å². The van der Waals surface area contributed by atoms with Crippen LogP contribution < -0.4 is 9.82 Å². The van der Waals surface area contributed by atoms with E-state index in [1.165, 1.54) is 5.56 Å². The third-order valence-corrected chi connectivity index (χ3v) is 10.5. The van der Waals surface area contributed by atoms with E-state index >= 15 is 0 Å². The number of likely N-dealkylation sites (tertiary alicyclic amines) is 1. The maximum Gasteiger partial charge on any atom is 0.407 e. The summed E-state index contributed by atoms with van der Waals surface area (Å²) in [7, 11) is -2.42. The molecule has 0 spiro atoms. The van der Waals surface area contributed by atoms with Crippen LogP contribution in [0.15, 0.2) is 48.5 Å². The van der Waals surface area contributed by atoms with Crippen molar-refractivity contribution in [2.24, 2.45) is 0 Å². The molecule has 0 aliphatic carbocycles. The molecule has 0 unspecified atom stereocenters. The molecule has 0 atom stereocenters. The standard InChI is InChI=1S/C28H36N2O4SSi/c1-28(2,3)34-27(32)29-18-19-8-6-9-21(16-19)20-12-14-30(15-13-20)26(31)22-10-7-11-24-23(22)17-25(35-24)36(4,5)33/h6-11,16-17,20,33H,12-15,18H2,1-5H3,(H,29,32). The molecule has 0 bridgehead atoms. The lowest BCUT2D eigenvalue weighted by Crippen LogP contribution is -2.39. The summed E-state index contributed by atoms with van der Waals surface area (Å²) in [5.74, 6) is 0.441. The highest BCUT2D eigenvalue weighted by Crippen LogP contribution is 2.31. The molecule has 4 rings (SSSR count). The van der Waals surface area contributed by atoms with Crippen molar-refractivity contribution >= 4 is 46.2 Å². The SMILES string of the molecule is CC(C)(C)OC(=O)NCc1cccc(C2CCN(C(=O)c3cccc4sc([Si](C)(C)O)cc34)CC2)c1. The largest absolute Gasteiger partial charge is 0.444 e. The van der Waals surface area contributed by atoms with E-state index in [1.54, 1.807) is 11.3 Å². The van der Waals surface area contributed by atoms with Crippen LogP contribution in [0.3, 0.4) is 0 Å². The predicted octanol–water partition coefficient (Wildman–Crippen LogP) is 5.35. The van der Waals surface area contributed by atoms with Gasteiger partial charge in [0.25, 0.3) is 5.91 Å². The van der Waals surface area contributed by atoms with Crippen molar-refractivity contribution in [3.63, 3.8) is 0 Å². The first-order valence-electron chi connectivity index (χ1n) is 12.5. The molecule has 3 aromatic rings. The molecule has 2 aromatic carbocycles. The quantitative estimate of drug-likeness (QED) is 0.441. The van der Waals surface area contributed by atoms with Gasteiger partial charge in [-0.05, 0) is 82.0 Å². The van der Waals surface area contributed by atoms with Crippen molar-refractivity contribution in [3.05, 3.63) is 65.2 Å². The summed E-state index contributed by atoms with van der Waals surface area (Å²) in [6, 6.07) is 16.2. The van der Waals surface area contributed by atoms with Gasteiger partial charge in [-0.3, -0.25) is 4.79 Å². The van der Waals surface area contributed by atoms with Gasteiger partial charge in [-0.15, -0.1) is 11.3 Å². The Hall–Kier alpha value is -2.68. The molecule has 1 aromatic heterocycles. The second kappa shape index (κ2) is 10.4. The van der Waals surface area contributed by atoms with Crippen LogP contribution in [0.4, 0.5) is 4.79 Å². The van der Waals surface area contributed by atoms with Gasteiger partial charge >= 0.3 is 6.09 Å². The van der Waals surface area contributed by atoms with E-state index in [-0.39, 0.29) is 5.91 Å². The smallest absolute Gasteiger partial charge is 0.407 e. The number of hydrogen-bond donors (Lipinski definition) is 2. The number of ether oxygens (including phenoxy) is 1. The molecule has 6 nitrogen and oxygen atoms in total. The highest BCUT2D eigenvalue weighted by Gasteiger charge is 2.28. The van der Waals surface area contributed by atoms with Crippen LogP contribution in [0.25, 0.3) is 10.1 Å². The van der Waals surface area contributed by atoms with E-state index in [1.807, 2.05) is 75.2 Å². The molecule has 192 valence electrons. The van der Waals surface area contributed by atoms with Gasteiger partial charge in [0.2, 0.25) is 8.32 Å². The lowest BCUT2D eigenvalue weighted by Gasteiger charge is -2.32. The van der Waals surface area contributed by atoms with Crippen LogP contribution in [-0.2, 0) is 11.3 Å². The number of alkyl carbamates (subject to hydrolysis) is 1. The van der Waals surface area contributed by atoms with Crippen molar-refractivity contribution in [1.29, 1.82) is 0 Å².